The van der Waals surface area contributed by atoms with Crippen molar-refractivity contribution >= 4 is 10.0 Å². The molecule has 0 atom stereocenters. The number of nitrogens with two attached hydrogens (primary N) is 1. The highest BCUT2D eigenvalue weighted by molar-refractivity contribution is 7.89. The third-order valence-corrected chi connectivity index (χ3v) is 5.98. The molecule has 1 saturated carbocycles. The quantitative estimate of drug-likeness (QED) is 0.926. The van der Waals surface area contributed by atoms with Crippen LogP contribution in [0.1, 0.15) is 32.6 Å². The third-order valence-electron chi connectivity index (χ3n) is 3.96. The molecule has 0 unspecified atom stereocenters. The summed E-state index contributed by atoms with van der Waals surface area (Å²) in [6.07, 6.45) is 2.93. The van der Waals surface area contributed by atoms with Gasteiger partial charge in [-0.25, -0.2) is 17.2 Å². The summed E-state index contributed by atoms with van der Waals surface area (Å²) in [5, 5.41) is 0. The summed E-state index contributed by atoms with van der Waals surface area (Å²) in [5.41, 5.74) is 5.84. The molecule has 4 nitrogen and oxygen atoms in total. The summed E-state index contributed by atoms with van der Waals surface area (Å²) < 4.78 is 52.9. The number of hydrogen-bond acceptors (Lipinski definition) is 3. The van der Waals surface area contributed by atoms with Crippen molar-refractivity contribution in [2.75, 3.05) is 6.54 Å². The Hall–Kier alpha value is -1.05. The molecule has 1 aromatic rings. The lowest BCUT2D eigenvalue weighted by atomic mass is 9.92. The first-order valence-electron chi connectivity index (χ1n) is 7.08. The Morgan fingerprint density at radius 3 is 2.33 bits per heavy atom. The van der Waals surface area contributed by atoms with Crippen LogP contribution >= 0.6 is 0 Å². The van der Waals surface area contributed by atoms with Gasteiger partial charge in [0, 0.05) is 18.6 Å². The number of halogens is 2. The van der Waals surface area contributed by atoms with E-state index < -0.39 is 21.7 Å². The van der Waals surface area contributed by atoms with Crippen LogP contribution in [0.5, 0.6) is 0 Å². The maximum Gasteiger partial charge on any atom is 0.243 e. The second kappa shape index (κ2) is 6.37. The molecule has 0 aromatic heterocycles. The minimum atomic E-state index is -3.82. The van der Waals surface area contributed by atoms with E-state index in [0.717, 1.165) is 31.0 Å². The molecule has 0 heterocycles. The summed E-state index contributed by atoms with van der Waals surface area (Å²) in [6.45, 7) is 2.03. The molecule has 21 heavy (non-hydrogen) atoms. The zero-order chi connectivity index (χ0) is 15.6. The fraction of sp³-hybridized carbons (Fsp3) is 0.571. The Morgan fingerprint density at radius 1 is 1.19 bits per heavy atom. The molecule has 2 N–H and O–H groups in total. The molecule has 0 saturated heterocycles. The molecule has 2 rings (SSSR count). The summed E-state index contributed by atoms with van der Waals surface area (Å²) in [7, 11) is -3.82. The number of hydrogen-bond donors (Lipinski definition) is 1. The van der Waals surface area contributed by atoms with Gasteiger partial charge in [-0.2, -0.15) is 4.31 Å². The molecule has 1 fully saturated rings. The van der Waals surface area contributed by atoms with Crippen molar-refractivity contribution < 1.29 is 17.2 Å². The number of sulfonamides is 1. The molecule has 0 aliphatic heterocycles. The predicted molar refractivity (Wildman–Crippen MR) is 76.2 cm³/mol. The lowest BCUT2D eigenvalue weighted by molar-refractivity contribution is 0.247. The fourth-order valence-electron chi connectivity index (χ4n) is 2.79. The SMILES string of the molecule is CCN(C1CCC(N)CC1)S(=O)(=O)c1ccc(F)c(F)c1. The van der Waals surface area contributed by atoms with Crippen LogP contribution in [-0.2, 0) is 10.0 Å². The van der Waals surface area contributed by atoms with Crippen molar-refractivity contribution in [2.24, 2.45) is 5.73 Å². The van der Waals surface area contributed by atoms with E-state index in [0.29, 0.717) is 19.4 Å². The maximum atomic E-state index is 13.3. The van der Waals surface area contributed by atoms with Gasteiger partial charge in [0.15, 0.2) is 11.6 Å². The van der Waals surface area contributed by atoms with Gasteiger partial charge >= 0.3 is 0 Å². The predicted octanol–water partition coefficient (Wildman–Crippen LogP) is 2.25. The lowest BCUT2D eigenvalue weighted by Gasteiger charge is -2.34. The minimum absolute atomic E-state index is 0.117. The van der Waals surface area contributed by atoms with Gasteiger partial charge in [0.25, 0.3) is 0 Å². The van der Waals surface area contributed by atoms with Crippen molar-refractivity contribution in [3.63, 3.8) is 0 Å². The van der Waals surface area contributed by atoms with Crippen LogP contribution in [0.3, 0.4) is 0 Å². The van der Waals surface area contributed by atoms with E-state index in [1.807, 2.05) is 0 Å². The van der Waals surface area contributed by atoms with E-state index in [-0.39, 0.29) is 17.0 Å². The topological polar surface area (TPSA) is 63.4 Å². The zero-order valence-electron chi connectivity index (χ0n) is 11.9. The molecule has 0 amide bonds. The molecule has 118 valence electrons. The Bertz CT molecular complexity index is 599. The fourth-order valence-corrected chi connectivity index (χ4v) is 4.49. The summed E-state index contributed by atoms with van der Waals surface area (Å²) in [6, 6.07) is 2.67. The monoisotopic (exact) mass is 318 g/mol. The average Bonchev–Trinajstić information content (AvgIpc) is 2.44. The highest BCUT2D eigenvalue weighted by atomic mass is 32.2. The first-order chi connectivity index (χ1) is 9.86. The second-order valence-corrected chi connectivity index (χ2v) is 7.24. The van der Waals surface area contributed by atoms with Gasteiger partial charge in [-0.3, -0.25) is 0 Å². The van der Waals surface area contributed by atoms with E-state index in [9.17, 15) is 17.2 Å². The van der Waals surface area contributed by atoms with Gasteiger partial charge in [-0.15, -0.1) is 0 Å². The zero-order valence-corrected chi connectivity index (χ0v) is 12.7. The van der Waals surface area contributed by atoms with Crippen molar-refractivity contribution in [3.05, 3.63) is 29.8 Å². The van der Waals surface area contributed by atoms with Crippen LogP contribution in [0.4, 0.5) is 8.78 Å². The first kappa shape index (κ1) is 16.3. The van der Waals surface area contributed by atoms with E-state index in [1.54, 1.807) is 6.92 Å². The molecule has 1 aromatic carbocycles. The smallest absolute Gasteiger partial charge is 0.243 e. The highest BCUT2D eigenvalue weighted by Gasteiger charge is 2.32. The lowest BCUT2D eigenvalue weighted by Crippen LogP contribution is -2.44. The van der Waals surface area contributed by atoms with Crippen molar-refractivity contribution in [1.82, 2.24) is 4.31 Å². The third kappa shape index (κ3) is 3.41. The molecular weight excluding hydrogens is 298 g/mol. The highest BCUT2D eigenvalue weighted by Crippen LogP contribution is 2.27. The van der Waals surface area contributed by atoms with Crippen LogP contribution in [0, 0.1) is 11.6 Å². The van der Waals surface area contributed by atoms with Crippen molar-refractivity contribution in [3.8, 4) is 0 Å². The summed E-state index contributed by atoms with van der Waals surface area (Å²) in [4.78, 5) is -0.210. The molecule has 1 aliphatic carbocycles. The maximum absolute atomic E-state index is 13.3. The van der Waals surface area contributed by atoms with Gasteiger partial charge < -0.3 is 5.73 Å². The Kier molecular flexibility index (Phi) is 4.95. The normalized spacial score (nSPS) is 23.5. The van der Waals surface area contributed by atoms with Crippen LogP contribution in [0.15, 0.2) is 23.1 Å². The number of benzene rings is 1. The molecule has 0 radical (unpaired) electrons. The van der Waals surface area contributed by atoms with Crippen LogP contribution < -0.4 is 5.73 Å². The molecule has 0 spiro atoms. The Balaban J connectivity index is 2.29. The van der Waals surface area contributed by atoms with E-state index in [1.165, 1.54) is 4.31 Å². The van der Waals surface area contributed by atoms with Crippen LogP contribution in [-0.4, -0.2) is 31.4 Å². The van der Waals surface area contributed by atoms with Crippen molar-refractivity contribution in [1.29, 1.82) is 0 Å². The van der Waals surface area contributed by atoms with Crippen LogP contribution in [0.25, 0.3) is 0 Å². The Morgan fingerprint density at radius 2 is 1.81 bits per heavy atom. The van der Waals surface area contributed by atoms with Gasteiger partial charge in [-0.1, -0.05) is 6.92 Å². The largest absolute Gasteiger partial charge is 0.328 e. The molecule has 1 aliphatic rings. The second-order valence-electron chi connectivity index (χ2n) is 5.35. The number of rotatable bonds is 4. The number of nitrogens with zero attached hydrogens (tertiary/aromatic N) is 1. The van der Waals surface area contributed by atoms with Crippen molar-refractivity contribution in [2.45, 2.75) is 49.6 Å². The van der Waals surface area contributed by atoms with Gasteiger partial charge in [-0.05, 0) is 43.9 Å². The van der Waals surface area contributed by atoms with E-state index in [2.05, 4.69) is 0 Å². The van der Waals surface area contributed by atoms with E-state index >= 15 is 0 Å². The van der Waals surface area contributed by atoms with Crippen LogP contribution in [0.2, 0.25) is 0 Å². The van der Waals surface area contributed by atoms with Gasteiger partial charge in [0.1, 0.15) is 0 Å². The standard InChI is InChI=1S/C14H20F2N2O2S/c1-2-18(11-5-3-10(17)4-6-11)21(19,20)12-7-8-13(15)14(16)9-12/h7-11H,2-6,17H2,1H3. The molecule has 7 heteroatoms. The average molecular weight is 318 g/mol. The molecule has 0 bridgehead atoms. The summed E-state index contributed by atoms with van der Waals surface area (Å²) >= 11 is 0. The Labute approximate surface area is 124 Å². The summed E-state index contributed by atoms with van der Waals surface area (Å²) in [5.74, 6) is -2.21. The van der Waals surface area contributed by atoms with E-state index in [4.69, 9.17) is 5.73 Å². The van der Waals surface area contributed by atoms with Gasteiger partial charge in [0.05, 0.1) is 4.90 Å². The first-order valence-corrected chi connectivity index (χ1v) is 8.52. The minimum Gasteiger partial charge on any atom is -0.328 e. The molecular formula is C14H20F2N2O2S. The van der Waals surface area contributed by atoms with Gasteiger partial charge in [0.2, 0.25) is 10.0 Å².